The van der Waals surface area contributed by atoms with Gasteiger partial charge in [0.1, 0.15) is 0 Å². The van der Waals surface area contributed by atoms with E-state index < -0.39 is 5.60 Å². The predicted octanol–water partition coefficient (Wildman–Crippen LogP) is 1.10. The Morgan fingerprint density at radius 3 is 2.45 bits per heavy atom. The number of hydrogen-bond donors (Lipinski definition) is 1. The van der Waals surface area contributed by atoms with Crippen LogP contribution in [0.1, 0.15) is 26.7 Å². The molecule has 1 aliphatic rings. The van der Waals surface area contributed by atoms with Crippen molar-refractivity contribution in [1.29, 1.82) is 0 Å². The van der Waals surface area contributed by atoms with Gasteiger partial charge in [-0.25, -0.2) is 0 Å². The van der Waals surface area contributed by atoms with Gasteiger partial charge in [-0.15, -0.1) is 0 Å². The van der Waals surface area contributed by atoms with Gasteiger partial charge in [0.15, 0.2) is 0 Å². The fourth-order valence-electron chi connectivity index (χ4n) is 1.74. The lowest BCUT2D eigenvalue weighted by Crippen LogP contribution is -2.42. The van der Waals surface area contributed by atoms with Crippen LogP contribution in [0.5, 0.6) is 0 Å². The summed E-state index contributed by atoms with van der Waals surface area (Å²) in [5, 5.41) is 9.73. The zero-order chi connectivity index (χ0) is 8.48. The van der Waals surface area contributed by atoms with Crippen LogP contribution in [-0.2, 0) is 0 Å². The maximum Gasteiger partial charge on any atom is 0.0632 e. The van der Waals surface area contributed by atoms with E-state index in [4.69, 9.17) is 0 Å². The molecule has 1 N–H and O–H groups in total. The van der Waals surface area contributed by atoms with E-state index >= 15 is 0 Å². The summed E-state index contributed by atoms with van der Waals surface area (Å²) in [6.45, 7) is 6.06. The summed E-state index contributed by atoms with van der Waals surface area (Å²) in [7, 11) is 2.12. The average molecular weight is 157 g/mol. The third-order valence-electron chi connectivity index (χ3n) is 2.62. The Hall–Kier alpha value is -0.0800. The highest BCUT2D eigenvalue weighted by molar-refractivity contribution is 4.82. The molecular weight excluding hydrogens is 138 g/mol. The first-order valence-electron chi connectivity index (χ1n) is 4.41. The topological polar surface area (TPSA) is 23.5 Å². The molecule has 1 fully saturated rings. The van der Waals surface area contributed by atoms with Crippen molar-refractivity contribution in [3.8, 4) is 0 Å². The molecule has 1 rings (SSSR count). The summed E-state index contributed by atoms with van der Waals surface area (Å²) in [6.07, 6.45) is 2.40. The van der Waals surface area contributed by atoms with E-state index in [1.807, 2.05) is 13.8 Å². The van der Waals surface area contributed by atoms with E-state index in [-0.39, 0.29) is 0 Å². The Balaban J connectivity index is 2.46. The molecule has 0 bridgehead atoms. The number of piperidine rings is 1. The Morgan fingerprint density at radius 1 is 1.45 bits per heavy atom. The number of aliphatic hydroxyl groups is 1. The van der Waals surface area contributed by atoms with Gasteiger partial charge in [0.05, 0.1) is 5.60 Å². The van der Waals surface area contributed by atoms with Crippen molar-refractivity contribution in [2.75, 3.05) is 20.1 Å². The molecule has 0 saturated carbocycles. The molecule has 1 heterocycles. The first kappa shape index (κ1) is 9.01. The highest BCUT2D eigenvalue weighted by Crippen LogP contribution is 2.25. The Morgan fingerprint density at radius 2 is 2.09 bits per heavy atom. The van der Waals surface area contributed by atoms with Crippen LogP contribution < -0.4 is 0 Å². The molecule has 0 unspecified atom stereocenters. The highest BCUT2D eigenvalue weighted by atomic mass is 16.3. The molecule has 1 aliphatic heterocycles. The van der Waals surface area contributed by atoms with Crippen molar-refractivity contribution >= 4 is 0 Å². The Kier molecular flexibility index (Phi) is 2.55. The third kappa shape index (κ3) is 2.46. The van der Waals surface area contributed by atoms with Gasteiger partial charge >= 0.3 is 0 Å². The second kappa shape index (κ2) is 3.11. The fourth-order valence-corrected chi connectivity index (χ4v) is 1.74. The van der Waals surface area contributed by atoms with Crippen molar-refractivity contribution in [2.45, 2.75) is 32.3 Å². The molecule has 0 radical (unpaired) electrons. The quantitative estimate of drug-likeness (QED) is 0.616. The molecule has 66 valence electrons. The number of nitrogens with zero attached hydrogens (tertiary/aromatic N) is 1. The van der Waals surface area contributed by atoms with E-state index in [9.17, 15) is 5.11 Å². The van der Waals surface area contributed by atoms with Crippen LogP contribution >= 0.6 is 0 Å². The van der Waals surface area contributed by atoms with E-state index in [0.29, 0.717) is 5.92 Å². The van der Waals surface area contributed by atoms with E-state index in [2.05, 4.69) is 11.9 Å². The van der Waals surface area contributed by atoms with Crippen LogP contribution in [-0.4, -0.2) is 35.7 Å². The van der Waals surface area contributed by atoms with Gasteiger partial charge in [0, 0.05) is 6.54 Å². The maximum absolute atomic E-state index is 9.73. The van der Waals surface area contributed by atoms with Gasteiger partial charge < -0.3 is 10.0 Å². The van der Waals surface area contributed by atoms with Crippen LogP contribution in [0.2, 0.25) is 0 Å². The zero-order valence-electron chi connectivity index (χ0n) is 7.80. The number of likely N-dealkylation sites (tertiary alicyclic amines) is 1. The Bertz CT molecular complexity index is 128. The second-order valence-corrected chi connectivity index (χ2v) is 4.26. The first-order valence-corrected chi connectivity index (χ1v) is 4.41. The first-order chi connectivity index (χ1) is 5.00. The van der Waals surface area contributed by atoms with Crippen LogP contribution in [0.15, 0.2) is 0 Å². The standard InChI is InChI=1S/C9H19NO/c1-9(2,11)8-5-4-6-10(3)7-8/h8,11H,4-7H2,1-3H3/t8-/m0/s1. The van der Waals surface area contributed by atoms with Crippen molar-refractivity contribution < 1.29 is 5.11 Å². The van der Waals surface area contributed by atoms with Crippen molar-refractivity contribution in [3.05, 3.63) is 0 Å². The van der Waals surface area contributed by atoms with Crippen LogP contribution in [0.3, 0.4) is 0 Å². The minimum absolute atomic E-state index is 0.459. The summed E-state index contributed by atoms with van der Waals surface area (Å²) < 4.78 is 0. The minimum Gasteiger partial charge on any atom is -0.390 e. The minimum atomic E-state index is -0.491. The van der Waals surface area contributed by atoms with Crippen molar-refractivity contribution in [3.63, 3.8) is 0 Å². The zero-order valence-corrected chi connectivity index (χ0v) is 7.80. The maximum atomic E-state index is 9.73. The molecule has 1 atom stereocenters. The van der Waals surface area contributed by atoms with Crippen LogP contribution in [0.4, 0.5) is 0 Å². The second-order valence-electron chi connectivity index (χ2n) is 4.26. The summed E-state index contributed by atoms with van der Waals surface area (Å²) in [5.74, 6) is 0.459. The van der Waals surface area contributed by atoms with E-state index in [0.717, 1.165) is 6.54 Å². The summed E-state index contributed by atoms with van der Waals surface area (Å²) in [5.41, 5.74) is -0.491. The van der Waals surface area contributed by atoms with Gasteiger partial charge in [0.25, 0.3) is 0 Å². The summed E-state index contributed by atoms with van der Waals surface area (Å²) in [6, 6.07) is 0. The largest absolute Gasteiger partial charge is 0.390 e. The molecule has 0 aromatic carbocycles. The monoisotopic (exact) mass is 157 g/mol. The lowest BCUT2D eigenvalue weighted by atomic mass is 9.84. The fraction of sp³-hybridized carbons (Fsp3) is 1.00. The van der Waals surface area contributed by atoms with Crippen LogP contribution in [0.25, 0.3) is 0 Å². The number of rotatable bonds is 1. The number of hydrogen-bond acceptors (Lipinski definition) is 2. The molecular formula is C9H19NO. The van der Waals surface area contributed by atoms with Crippen LogP contribution in [0, 0.1) is 5.92 Å². The van der Waals surface area contributed by atoms with Gasteiger partial charge in [-0.05, 0) is 46.2 Å². The molecule has 0 spiro atoms. The molecule has 2 nitrogen and oxygen atoms in total. The van der Waals surface area contributed by atoms with Crippen molar-refractivity contribution in [1.82, 2.24) is 4.90 Å². The van der Waals surface area contributed by atoms with Gasteiger partial charge in [0.2, 0.25) is 0 Å². The lowest BCUT2D eigenvalue weighted by molar-refractivity contribution is -0.0135. The SMILES string of the molecule is CN1CCC[C@H](C(C)(C)O)C1. The average Bonchev–Trinajstić information content (AvgIpc) is 1.86. The van der Waals surface area contributed by atoms with Gasteiger partial charge in [-0.1, -0.05) is 0 Å². The molecule has 0 aromatic rings. The van der Waals surface area contributed by atoms with Gasteiger partial charge in [-0.3, -0.25) is 0 Å². The highest BCUT2D eigenvalue weighted by Gasteiger charge is 2.29. The molecule has 0 aliphatic carbocycles. The molecule has 1 saturated heterocycles. The Labute approximate surface area is 69.2 Å². The van der Waals surface area contributed by atoms with E-state index in [1.165, 1.54) is 19.4 Å². The van der Waals surface area contributed by atoms with Gasteiger partial charge in [-0.2, -0.15) is 0 Å². The van der Waals surface area contributed by atoms with E-state index in [1.54, 1.807) is 0 Å². The van der Waals surface area contributed by atoms with Crippen molar-refractivity contribution in [2.24, 2.45) is 5.92 Å². The summed E-state index contributed by atoms with van der Waals surface area (Å²) >= 11 is 0. The molecule has 0 amide bonds. The lowest BCUT2D eigenvalue weighted by Gasteiger charge is -2.36. The summed E-state index contributed by atoms with van der Waals surface area (Å²) in [4.78, 5) is 2.30. The third-order valence-corrected chi connectivity index (χ3v) is 2.62. The predicted molar refractivity (Wildman–Crippen MR) is 46.5 cm³/mol. The molecule has 2 heteroatoms. The normalized spacial score (nSPS) is 28.9. The smallest absolute Gasteiger partial charge is 0.0632 e. The molecule has 11 heavy (non-hydrogen) atoms. The molecule has 0 aromatic heterocycles.